The fraction of sp³-hybridized carbons (Fsp3) is 0.500. The van der Waals surface area contributed by atoms with Crippen LogP contribution >= 0.6 is 0 Å². The Bertz CT molecular complexity index is 822. The maximum absolute atomic E-state index is 12.2. The number of anilines is 1. The molecule has 26 heavy (non-hydrogen) atoms. The number of rotatable bonds is 3. The highest BCUT2D eigenvalue weighted by molar-refractivity contribution is 5.91. The number of likely N-dealkylation sites (tertiary alicyclic amines) is 1. The van der Waals surface area contributed by atoms with Crippen LogP contribution in [-0.4, -0.2) is 48.2 Å². The van der Waals surface area contributed by atoms with Crippen LogP contribution in [-0.2, 0) is 4.74 Å². The summed E-state index contributed by atoms with van der Waals surface area (Å²) in [5, 5.41) is 5.80. The van der Waals surface area contributed by atoms with Crippen LogP contribution in [0.5, 0.6) is 0 Å². The molecule has 2 aromatic rings. The maximum atomic E-state index is 12.2. The lowest BCUT2D eigenvalue weighted by atomic mass is 10.1. The summed E-state index contributed by atoms with van der Waals surface area (Å²) in [4.78, 5) is 29.9. The van der Waals surface area contributed by atoms with Gasteiger partial charge in [-0.05, 0) is 43.9 Å². The molecule has 2 fully saturated rings. The van der Waals surface area contributed by atoms with Crippen molar-refractivity contribution in [2.45, 2.75) is 37.6 Å². The van der Waals surface area contributed by atoms with Crippen molar-refractivity contribution in [3.05, 3.63) is 24.1 Å². The average Bonchev–Trinajstić information content (AvgIpc) is 3.41. The second-order valence-corrected chi connectivity index (χ2v) is 6.84. The Balaban J connectivity index is 1.32. The summed E-state index contributed by atoms with van der Waals surface area (Å²) >= 11 is 0. The molecule has 8 heteroatoms. The predicted octanol–water partition coefficient (Wildman–Crippen LogP) is 3.06. The highest BCUT2D eigenvalue weighted by Crippen LogP contribution is 2.40. The minimum Gasteiger partial charge on any atom is -0.453 e. The van der Waals surface area contributed by atoms with E-state index in [0.717, 1.165) is 29.8 Å². The number of hydrogen-bond donors (Lipinski definition) is 2. The van der Waals surface area contributed by atoms with Gasteiger partial charge in [0.25, 0.3) is 0 Å². The first-order chi connectivity index (χ1) is 12.6. The summed E-state index contributed by atoms with van der Waals surface area (Å²) in [5.74, 6) is 1.25. The number of urea groups is 1. The summed E-state index contributed by atoms with van der Waals surface area (Å²) in [5.41, 5.74) is 2.18. The standard InChI is InChI=1S/C18H22N4O4/c1-25-18(24)22-8-6-12(7-9-22)19-17(23)20-13-4-5-15-14(10-13)21-16(26-15)11-2-3-11/h4-5,10-12H,2-3,6-9H2,1H3,(H2,19,20,23). The number of fused-ring (bicyclic) bond motifs is 1. The van der Waals surface area contributed by atoms with E-state index in [9.17, 15) is 9.59 Å². The van der Waals surface area contributed by atoms with Gasteiger partial charge in [0, 0.05) is 30.7 Å². The van der Waals surface area contributed by atoms with E-state index in [-0.39, 0.29) is 18.2 Å². The van der Waals surface area contributed by atoms with E-state index >= 15 is 0 Å². The maximum Gasteiger partial charge on any atom is 0.409 e. The fourth-order valence-electron chi connectivity index (χ4n) is 3.22. The number of benzene rings is 1. The van der Waals surface area contributed by atoms with E-state index < -0.39 is 0 Å². The molecular weight excluding hydrogens is 336 g/mol. The smallest absolute Gasteiger partial charge is 0.409 e. The molecule has 1 aliphatic carbocycles. The molecule has 1 saturated carbocycles. The zero-order valence-electron chi connectivity index (χ0n) is 14.7. The number of nitrogens with one attached hydrogen (secondary N) is 2. The molecule has 1 aliphatic heterocycles. The number of carbonyl (C=O) groups is 2. The molecule has 1 aromatic carbocycles. The molecule has 0 bridgehead atoms. The van der Waals surface area contributed by atoms with E-state index in [0.29, 0.717) is 37.5 Å². The summed E-state index contributed by atoms with van der Waals surface area (Å²) in [7, 11) is 1.37. The first-order valence-electron chi connectivity index (χ1n) is 8.93. The summed E-state index contributed by atoms with van der Waals surface area (Å²) in [6, 6.07) is 5.24. The van der Waals surface area contributed by atoms with Crippen molar-refractivity contribution in [1.82, 2.24) is 15.2 Å². The average molecular weight is 358 g/mol. The van der Waals surface area contributed by atoms with E-state index in [1.807, 2.05) is 18.2 Å². The SMILES string of the molecule is COC(=O)N1CCC(NC(=O)Nc2ccc3oc(C4CC4)nc3c2)CC1. The van der Waals surface area contributed by atoms with Crippen molar-refractivity contribution in [3.8, 4) is 0 Å². The second kappa shape index (κ2) is 6.86. The van der Waals surface area contributed by atoms with Gasteiger partial charge in [-0.1, -0.05) is 0 Å². The molecule has 2 aliphatic rings. The third-order valence-corrected chi connectivity index (χ3v) is 4.85. The Morgan fingerprint density at radius 3 is 2.69 bits per heavy atom. The van der Waals surface area contributed by atoms with Crippen LogP contribution in [0, 0.1) is 0 Å². The van der Waals surface area contributed by atoms with Crippen LogP contribution in [0.4, 0.5) is 15.3 Å². The number of hydrogen-bond acceptors (Lipinski definition) is 5. The Labute approximate surface area is 150 Å². The van der Waals surface area contributed by atoms with Crippen LogP contribution in [0.2, 0.25) is 0 Å². The van der Waals surface area contributed by atoms with Gasteiger partial charge >= 0.3 is 12.1 Å². The Morgan fingerprint density at radius 2 is 2.00 bits per heavy atom. The van der Waals surface area contributed by atoms with Crippen LogP contribution in [0.15, 0.2) is 22.6 Å². The van der Waals surface area contributed by atoms with Gasteiger partial charge in [0.2, 0.25) is 0 Å². The summed E-state index contributed by atoms with van der Waals surface area (Å²) < 4.78 is 10.4. The van der Waals surface area contributed by atoms with Gasteiger partial charge in [-0.2, -0.15) is 0 Å². The highest BCUT2D eigenvalue weighted by Gasteiger charge is 2.29. The molecule has 2 N–H and O–H groups in total. The van der Waals surface area contributed by atoms with Gasteiger partial charge in [0.05, 0.1) is 7.11 Å². The second-order valence-electron chi connectivity index (χ2n) is 6.84. The van der Waals surface area contributed by atoms with Crippen LogP contribution in [0.3, 0.4) is 0 Å². The molecular formula is C18H22N4O4. The van der Waals surface area contributed by atoms with E-state index in [4.69, 9.17) is 9.15 Å². The van der Waals surface area contributed by atoms with Crippen molar-refractivity contribution >= 4 is 28.9 Å². The topological polar surface area (TPSA) is 96.7 Å². The van der Waals surface area contributed by atoms with E-state index in [1.54, 1.807) is 4.90 Å². The Hall–Kier alpha value is -2.77. The quantitative estimate of drug-likeness (QED) is 0.879. The van der Waals surface area contributed by atoms with Crippen LogP contribution < -0.4 is 10.6 Å². The molecule has 0 radical (unpaired) electrons. The lowest BCUT2D eigenvalue weighted by Gasteiger charge is -2.31. The van der Waals surface area contributed by atoms with Gasteiger partial charge < -0.3 is 24.7 Å². The highest BCUT2D eigenvalue weighted by atomic mass is 16.5. The number of amides is 3. The molecule has 4 rings (SSSR count). The van der Waals surface area contributed by atoms with Gasteiger partial charge in [-0.15, -0.1) is 0 Å². The monoisotopic (exact) mass is 358 g/mol. The molecule has 0 unspecified atom stereocenters. The Morgan fingerprint density at radius 1 is 1.23 bits per heavy atom. The van der Waals surface area contributed by atoms with E-state index in [2.05, 4.69) is 15.6 Å². The lowest BCUT2D eigenvalue weighted by Crippen LogP contribution is -2.47. The number of aromatic nitrogens is 1. The molecule has 8 nitrogen and oxygen atoms in total. The van der Waals surface area contributed by atoms with Crippen molar-refractivity contribution in [1.29, 1.82) is 0 Å². The molecule has 0 atom stereocenters. The third-order valence-electron chi connectivity index (χ3n) is 4.85. The summed E-state index contributed by atoms with van der Waals surface area (Å²) in [6.45, 7) is 1.15. The number of oxazole rings is 1. The van der Waals surface area contributed by atoms with Crippen molar-refractivity contribution in [2.75, 3.05) is 25.5 Å². The molecule has 1 saturated heterocycles. The zero-order chi connectivity index (χ0) is 18.1. The molecule has 138 valence electrons. The molecule has 1 aromatic heterocycles. The number of carbonyl (C=O) groups excluding carboxylic acids is 2. The van der Waals surface area contributed by atoms with Gasteiger partial charge in [0.1, 0.15) is 5.52 Å². The minimum absolute atomic E-state index is 0.0353. The lowest BCUT2D eigenvalue weighted by molar-refractivity contribution is 0.110. The number of ether oxygens (including phenoxy) is 1. The summed E-state index contributed by atoms with van der Waals surface area (Å²) in [6.07, 6.45) is 3.36. The van der Waals surface area contributed by atoms with Crippen molar-refractivity contribution in [3.63, 3.8) is 0 Å². The van der Waals surface area contributed by atoms with Crippen molar-refractivity contribution < 1.29 is 18.7 Å². The fourth-order valence-corrected chi connectivity index (χ4v) is 3.22. The van der Waals surface area contributed by atoms with Crippen molar-refractivity contribution in [2.24, 2.45) is 0 Å². The zero-order valence-corrected chi connectivity index (χ0v) is 14.7. The normalized spacial score (nSPS) is 18.0. The minimum atomic E-state index is -0.320. The van der Waals surface area contributed by atoms with Crippen LogP contribution in [0.1, 0.15) is 37.5 Å². The van der Waals surface area contributed by atoms with Gasteiger partial charge in [-0.3, -0.25) is 0 Å². The Kier molecular flexibility index (Phi) is 4.40. The number of piperidine rings is 1. The predicted molar refractivity (Wildman–Crippen MR) is 95.1 cm³/mol. The third kappa shape index (κ3) is 3.58. The number of nitrogens with zero attached hydrogens (tertiary/aromatic N) is 2. The van der Waals surface area contributed by atoms with E-state index in [1.165, 1.54) is 7.11 Å². The molecule has 3 amide bonds. The van der Waals surface area contributed by atoms with Crippen LogP contribution in [0.25, 0.3) is 11.1 Å². The first kappa shape index (κ1) is 16.7. The van der Waals surface area contributed by atoms with Gasteiger partial charge in [-0.25, -0.2) is 14.6 Å². The first-order valence-corrected chi connectivity index (χ1v) is 8.93. The largest absolute Gasteiger partial charge is 0.453 e. The molecule has 2 heterocycles. The van der Waals surface area contributed by atoms with Gasteiger partial charge in [0.15, 0.2) is 11.5 Å². The molecule has 0 spiro atoms. The number of methoxy groups -OCH3 is 1.